The van der Waals surface area contributed by atoms with E-state index < -0.39 is 6.04 Å². The molecule has 4 nitrogen and oxygen atoms in total. The van der Waals surface area contributed by atoms with E-state index in [2.05, 4.69) is 31.2 Å². The van der Waals surface area contributed by atoms with E-state index in [1.807, 2.05) is 9.80 Å². The molecule has 4 heteroatoms. The molecule has 2 aliphatic carbocycles. The molecular weight excluding hydrogens is 348 g/mol. The van der Waals surface area contributed by atoms with Crippen molar-refractivity contribution in [3.8, 4) is 0 Å². The minimum atomic E-state index is -0.438. The smallest absolute Gasteiger partial charge is 0.250 e. The van der Waals surface area contributed by atoms with E-state index in [-0.39, 0.29) is 30.4 Å². The fourth-order valence-electron chi connectivity index (χ4n) is 5.43. The normalized spacial score (nSPS) is 25.8. The van der Waals surface area contributed by atoms with Gasteiger partial charge in [-0.25, -0.2) is 0 Å². The van der Waals surface area contributed by atoms with E-state index in [1.54, 1.807) is 0 Å². The molecule has 0 spiro atoms. The first-order valence-corrected chi connectivity index (χ1v) is 11.3. The van der Waals surface area contributed by atoms with Crippen LogP contribution in [0.25, 0.3) is 0 Å². The molecule has 0 N–H and O–H groups in total. The number of hydrogen-bond donors (Lipinski definition) is 0. The van der Waals surface area contributed by atoms with Gasteiger partial charge in [0.2, 0.25) is 5.91 Å². The predicted octanol–water partition coefficient (Wildman–Crippen LogP) is 4.76. The van der Waals surface area contributed by atoms with Gasteiger partial charge in [-0.2, -0.15) is 0 Å². The maximum absolute atomic E-state index is 13.7. The first-order valence-electron chi connectivity index (χ1n) is 11.3. The molecule has 0 aromatic heterocycles. The summed E-state index contributed by atoms with van der Waals surface area (Å²) in [7, 11) is 0. The standard InChI is InChI=1S/C24H34N2O2/c1-18-13-15-19(16-14-18)23-24(28)25(20-9-7-8-10-20)17-22(27)26(23)21-11-5-3-2-4-6-12-21/h13-16,20-21,23H,2-12,17H2,1H3/t23-/m0/s1. The van der Waals surface area contributed by atoms with Crippen LogP contribution in [-0.2, 0) is 9.59 Å². The number of piperazine rings is 1. The number of carbonyl (C=O) groups excluding carboxylic acids is 2. The Labute approximate surface area is 169 Å². The SMILES string of the molecule is Cc1ccc([C@H]2C(=O)N(C3CCCC3)CC(=O)N2C2CCCCCCC2)cc1. The fraction of sp³-hybridized carbons (Fsp3) is 0.667. The topological polar surface area (TPSA) is 40.6 Å². The minimum absolute atomic E-state index is 0.150. The monoisotopic (exact) mass is 382 g/mol. The van der Waals surface area contributed by atoms with Gasteiger partial charge in [-0.15, -0.1) is 0 Å². The van der Waals surface area contributed by atoms with Crippen LogP contribution in [0.4, 0.5) is 0 Å². The molecule has 152 valence electrons. The average Bonchev–Trinajstić information content (AvgIpc) is 3.19. The van der Waals surface area contributed by atoms with Gasteiger partial charge in [0.1, 0.15) is 12.6 Å². The number of carbonyl (C=O) groups is 2. The van der Waals surface area contributed by atoms with Crippen LogP contribution in [0.2, 0.25) is 0 Å². The number of benzene rings is 1. The van der Waals surface area contributed by atoms with Gasteiger partial charge in [0.15, 0.2) is 0 Å². The number of nitrogens with zero attached hydrogens (tertiary/aromatic N) is 2. The van der Waals surface area contributed by atoms with Crippen molar-refractivity contribution in [2.45, 2.75) is 95.7 Å². The Kier molecular flexibility index (Phi) is 6.03. The Balaban J connectivity index is 1.66. The molecule has 0 radical (unpaired) electrons. The summed E-state index contributed by atoms with van der Waals surface area (Å²) in [5, 5.41) is 0. The number of hydrogen-bond acceptors (Lipinski definition) is 2. The summed E-state index contributed by atoms with van der Waals surface area (Å²) in [6, 6.07) is 8.26. The molecule has 1 aliphatic heterocycles. The molecule has 3 fully saturated rings. The summed E-state index contributed by atoms with van der Waals surface area (Å²) in [6.45, 7) is 2.34. The summed E-state index contributed by atoms with van der Waals surface area (Å²) < 4.78 is 0. The summed E-state index contributed by atoms with van der Waals surface area (Å²) in [5.74, 6) is 0.306. The van der Waals surface area contributed by atoms with Crippen molar-refractivity contribution in [1.82, 2.24) is 9.80 Å². The predicted molar refractivity (Wildman–Crippen MR) is 111 cm³/mol. The summed E-state index contributed by atoms with van der Waals surface area (Å²) in [6.07, 6.45) is 12.6. The molecule has 3 aliphatic rings. The molecule has 1 heterocycles. The highest BCUT2D eigenvalue weighted by molar-refractivity contribution is 5.96. The van der Waals surface area contributed by atoms with Crippen LogP contribution in [0.3, 0.4) is 0 Å². The zero-order valence-corrected chi connectivity index (χ0v) is 17.2. The molecule has 1 aromatic carbocycles. The third-order valence-corrected chi connectivity index (χ3v) is 7.02. The van der Waals surface area contributed by atoms with E-state index in [1.165, 1.54) is 37.7 Å². The van der Waals surface area contributed by atoms with E-state index >= 15 is 0 Å². The van der Waals surface area contributed by atoms with Crippen LogP contribution in [0.5, 0.6) is 0 Å². The van der Waals surface area contributed by atoms with Crippen LogP contribution in [-0.4, -0.2) is 40.2 Å². The highest BCUT2D eigenvalue weighted by Gasteiger charge is 2.45. The zero-order valence-electron chi connectivity index (χ0n) is 17.2. The molecule has 2 amide bonds. The number of amides is 2. The Hall–Kier alpha value is -1.84. The second-order valence-corrected chi connectivity index (χ2v) is 9.02. The summed E-state index contributed by atoms with van der Waals surface area (Å²) >= 11 is 0. The minimum Gasteiger partial charge on any atom is -0.328 e. The maximum atomic E-state index is 13.7. The van der Waals surface area contributed by atoms with E-state index in [0.717, 1.165) is 44.1 Å². The Morgan fingerprint density at radius 1 is 0.750 bits per heavy atom. The van der Waals surface area contributed by atoms with E-state index in [4.69, 9.17) is 0 Å². The lowest BCUT2D eigenvalue weighted by molar-refractivity contribution is -0.161. The van der Waals surface area contributed by atoms with Gasteiger partial charge >= 0.3 is 0 Å². The van der Waals surface area contributed by atoms with Crippen LogP contribution in [0.15, 0.2) is 24.3 Å². The van der Waals surface area contributed by atoms with Crippen molar-refractivity contribution in [1.29, 1.82) is 0 Å². The Bertz CT molecular complexity index is 685. The molecular formula is C24H34N2O2. The van der Waals surface area contributed by atoms with Crippen LogP contribution in [0, 0.1) is 6.92 Å². The van der Waals surface area contributed by atoms with Crippen molar-refractivity contribution >= 4 is 11.8 Å². The van der Waals surface area contributed by atoms with Crippen LogP contribution >= 0.6 is 0 Å². The number of rotatable bonds is 3. The fourth-order valence-corrected chi connectivity index (χ4v) is 5.43. The lowest BCUT2D eigenvalue weighted by Crippen LogP contribution is -2.60. The zero-order chi connectivity index (χ0) is 19.5. The first-order chi connectivity index (χ1) is 13.6. The van der Waals surface area contributed by atoms with E-state index in [9.17, 15) is 9.59 Å². The Morgan fingerprint density at radius 2 is 1.29 bits per heavy atom. The molecule has 4 rings (SSSR count). The second kappa shape index (κ2) is 8.67. The van der Waals surface area contributed by atoms with Crippen molar-refractivity contribution in [2.75, 3.05) is 6.54 Å². The van der Waals surface area contributed by atoms with Gasteiger partial charge in [0.25, 0.3) is 5.91 Å². The van der Waals surface area contributed by atoms with Gasteiger partial charge < -0.3 is 9.80 Å². The molecule has 0 unspecified atom stereocenters. The third kappa shape index (κ3) is 3.97. The van der Waals surface area contributed by atoms with E-state index in [0.29, 0.717) is 0 Å². The van der Waals surface area contributed by atoms with Gasteiger partial charge in [-0.05, 0) is 38.2 Å². The molecule has 1 atom stereocenters. The second-order valence-electron chi connectivity index (χ2n) is 9.02. The molecule has 0 bridgehead atoms. The summed E-state index contributed by atoms with van der Waals surface area (Å²) in [5.41, 5.74) is 2.16. The summed E-state index contributed by atoms with van der Waals surface area (Å²) in [4.78, 5) is 31.0. The number of aryl methyl sites for hydroxylation is 1. The van der Waals surface area contributed by atoms with Crippen molar-refractivity contribution in [3.05, 3.63) is 35.4 Å². The molecule has 2 saturated carbocycles. The van der Waals surface area contributed by atoms with Gasteiger partial charge in [0, 0.05) is 12.1 Å². The van der Waals surface area contributed by atoms with Gasteiger partial charge in [0.05, 0.1) is 0 Å². The lowest BCUT2D eigenvalue weighted by Gasteiger charge is -2.46. The Morgan fingerprint density at radius 3 is 1.93 bits per heavy atom. The van der Waals surface area contributed by atoms with Crippen LogP contribution < -0.4 is 0 Å². The van der Waals surface area contributed by atoms with Crippen LogP contribution in [0.1, 0.15) is 87.8 Å². The molecule has 1 aromatic rings. The first kappa shape index (κ1) is 19.5. The van der Waals surface area contributed by atoms with Crippen molar-refractivity contribution < 1.29 is 9.59 Å². The molecule has 28 heavy (non-hydrogen) atoms. The lowest BCUT2D eigenvalue weighted by atomic mass is 9.91. The quantitative estimate of drug-likeness (QED) is 0.756. The van der Waals surface area contributed by atoms with Gasteiger partial charge in [-0.1, -0.05) is 74.8 Å². The third-order valence-electron chi connectivity index (χ3n) is 7.02. The largest absolute Gasteiger partial charge is 0.328 e. The van der Waals surface area contributed by atoms with Crippen molar-refractivity contribution in [2.24, 2.45) is 0 Å². The molecule has 1 saturated heterocycles. The average molecular weight is 383 g/mol. The van der Waals surface area contributed by atoms with Crippen molar-refractivity contribution in [3.63, 3.8) is 0 Å². The maximum Gasteiger partial charge on any atom is 0.250 e. The highest BCUT2D eigenvalue weighted by atomic mass is 16.2. The van der Waals surface area contributed by atoms with Gasteiger partial charge in [-0.3, -0.25) is 9.59 Å². The highest BCUT2D eigenvalue weighted by Crippen LogP contribution is 2.36.